The number of esters is 1. The zero-order valence-electron chi connectivity index (χ0n) is 17.0. The molecule has 2 N–H and O–H groups in total. The van der Waals surface area contributed by atoms with Crippen molar-refractivity contribution >= 4 is 17.7 Å². The molecule has 0 bridgehead atoms. The number of rotatable bonds is 9. The lowest BCUT2D eigenvalue weighted by atomic mass is 9.84. The topological polar surface area (TPSA) is 103 Å². The number of aromatic nitrogens is 1. The molecular weight excluding hydrogens is 358 g/mol. The molecule has 0 saturated carbocycles. The second-order valence-corrected chi connectivity index (χ2v) is 7.92. The molecule has 1 amide bonds. The summed E-state index contributed by atoms with van der Waals surface area (Å²) in [6, 6.07) is 3.10. The molecule has 0 aromatic carbocycles. The Bertz CT molecular complexity index is 690. The third kappa shape index (κ3) is 5.38. The first-order chi connectivity index (χ1) is 13.3. The second-order valence-electron chi connectivity index (χ2n) is 7.92. The number of carbonyl (C=O) groups excluding carboxylic acids is 3. The summed E-state index contributed by atoms with van der Waals surface area (Å²) in [5.41, 5.74) is 6.08. The minimum atomic E-state index is -0.738. The lowest BCUT2D eigenvalue weighted by Gasteiger charge is -2.28. The summed E-state index contributed by atoms with van der Waals surface area (Å²) in [5, 5.41) is 0. The van der Waals surface area contributed by atoms with Crippen LogP contribution in [-0.2, 0) is 25.5 Å². The molecule has 0 radical (unpaired) electrons. The van der Waals surface area contributed by atoms with Crippen LogP contribution in [0, 0.1) is 5.41 Å². The highest BCUT2D eigenvalue weighted by Gasteiger charge is 2.42. The molecular formula is C21H31N3O4. The van der Waals surface area contributed by atoms with Gasteiger partial charge in [-0.1, -0.05) is 26.8 Å². The average Bonchev–Trinajstić information content (AvgIpc) is 3.20. The molecule has 2 heterocycles. The molecule has 2 unspecified atom stereocenters. The monoisotopic (exact) mass is 389 g/mol. The molecule has 1 saturated heterocycles. The zero-order valence-corrected chi connectivity index (χ0v) is 17.0. The zero-order chi connectivity index (χ0) is 20.7. The fourth-order valence-corrected chi connectivity index (χ4v) is 3.18. The standard InChI is InChI=1S/C21H31N3O4/c1-4-21(2,3)18(25)19(26)24-12-6-8-17(24)20(27)28-16(13-22)10-9-15-7-5-11-23-14-15/h5,7,11,14,16-17H,4,6,8-10,12-13,22H2,1-3H3. The van der Waals surface area contributed by atoms with Gasteiger partial charge in [0.1, 0.15) is 12.1 Å². The van der Waals surface area contributed by atoms with Gasteiger partial charge in [0.2, 0.25) is 5.78 Å². The first kappa shape index (κ1) is 22.0. The molecule has 1 aliphatic rings. The molecule has 1 fully saturated rings. The number of nitrogens with two attached hydrogens (primary N) is 1. The van der Waals surface area contributed by atoms with E-state index in [1.165, 1.54) is 4.90 Å². The predicted molar refractivity (Wildman–Crippen MR) is 105 cm³/mol. The van der Waals surface area contributed by atoms with Gasteiger partial charge in [-0.25, -0.2) is 4.79 Å². The summed E-state index contributed by atoms with van der Waals surface area (Å²) in [5.74, 6) is -1.53. The summed E-state index contributed by atoms with van der Waals surface area (Å²) in [6.07, 6.45) is 6.05. The highest BCUT2D eigenvalue weighted by Crippen LogP contribution is 2.26. The van der Waals surface area contributed by atoms with E-state index < -0.39 is 35.2 Å². The summed E-state index contributed by atoms with van der Waals surface area (Å²) < 4.78 is 5.59. The maximum absolute atomic E-state index is 12.7. The number of likely N-dealkylation sites (tertiary alicyclic amines) is 1. The molecule has 28 heavy (non-hydrogen) atoms. The van der Waals surface area contributed by atoms with Crippen molar-refractivity contribution in [2.45, 2.75) is 65.0 Å². The molecule has 7 heteroatoms. The number of hydrogen-bond donors (Lipinski definition) is 1. The summed E-state index contributed by atoms with van der Waals surface area (Å²) >= 11 is 0. The van der Waals surface area contributed by atoms with Crippen molar-refractivity contribution in [2.75, 3.05) is 13.1 Å². The van der Waals surface area contributed by atoms with E-state index in [-0.39, 0.29) is 6.54 Å². The van der Waals surface area contributed by atoms with Gasteiger partial charge in [0.05, 0.1) is 0 Å². The van der Waals surface area contributed by atoms with Gasteiger partial charge < -0.3 is 15.4 Å². The van der Waals surface area contributed by atoms with E-state index in [4.69, 9.17) is 10.5 Å². The third-order valence-corrected chi connectivity index (χ3v) is 5.50. The van der Waals surface area contributed by atoms with E-state index in [9.17, 15) is 14.4 Å². The second kappa shape index (κ2) is 9.78. The minimum absolute atomic E-state index is 0.203. The van der Waals surface area contributed by atoms with Gasteiger partial charge in [-0.15, -0.1) is 0 Å². The maximum Gasteiger partial charge on any atom is 0.329 e. The number of Topliss-reactive ketones (excluding diaryl/α,β-unsaturated/α-hetero) is 1. The van der Waals surface area contributed by atoms with E-state index >= 15 is 0 Å². The Kier molecular flexibility index (Phi) is 7.69. The van der Waals surface area contributed by atoms with E-state index in [1.807, 2.05) is 19.1 Å². The number of nitrogens with zero attached hydrogens (tertiary/aromatic N) is 2. The van der Waals surface area contributed by atoms with Crippen LogP contribution < -0.4 is 5.73 Å². The van der Waals surface area contributed by atoms with Crippen LogP contribution in [0.25, 0.3) is 0 Å². The lowest BCUT2D eigenvalue weighted by Crippen LogP contribution is -2.48. The Hall–Kier alpha value is -2.28. The Labute approximate surface area is 166 Å². The first-order valence-corrected chi connectivity index (χ1v) is 9.95. The number of carbonyl (C=O) groups is 3. The van der Waals surface area contributed by atoms with Crippen molar-refractivity contribution in [2.24, 2.45) is 11.1 Å². The van der Waals surface area contributed by atoms with Crippen LogP contribution in [0.5, 0.6) is 0 Å². The highest BCUT2D eigenvalue weighted by atomic mass is 16.5. The average molecular weight is 389 g/mol. The number of aryl methyl sites for hydroxylation is 1. The molecule has 2 rings (SSSR count). The van der Waals surface area contributed by atoms with Crippen LogP contribution in [0.4, 0.5) is 0 Å². The predicted octanol–water partition coefficient (Wildman–Crippen LogP) is 1.88. The molecule has 1 aromatic heterocycles. The van der Waals surface area contributed by atoms with Crippen LogP contribution in [0.15, 0.2) is 24.5 Å². The van der Waals surface area contributed by atoms with Gasteiger partial charge in [0.25, 0.3) is 5.91 Å². The van der Waals surface area contributed by atoms with Crippen molar-refractivity contribution in [3.63, 3.8) is 0 Å². The van der Waals surface area contributed by atoms with Gasteiger partial charge in [-0.2, -0.15) is 0 Å². The van der Waals surface area contributed by atoms with Crippen LogP contribution >= 0.6 is 0 Å². The summed E-state index contributed by atoms with van der Waals surface area (Å²) in [4.78, 5) is 43.3. The van der Waals surface area contributed by atoms with Crippen molar-refractivity contribution in [1.82, 2.24) is 9.88 Å². The van der Waals surface area contributed by atoms with Crippen LogP contribution in [0.3, 0.4) is 0 Å². The van der Waals surface area contributed by atoms with Crippen molar-refractivity contribution in [3.8, 4) is 0 Å². The van der Waals surface area contributed by atoms with E-state index in [0.717, 1.165) is 5.56 Å². The molecule has 1 aromatic rings. The van der Waals surface area contributed by atoms with E-state index in [2.05, 4.69) is 4.98 Å². The van der Waals surface area contributed by atoms with Gasteiger partial charge in [-0.05, 0) is 43.7 Å². The number of hydrogen-bond acceptors (Lipinski definition) is 6. The summed E-state index contributed by atoms with van der Waals surface area (Å²) in [7, 11) is 0. The fourth-order valence-electron chi connectivity index (χ4n) is 3.18. The smallest absolute Gasteiger partial charge is 0.329 e. The third-order valence-electron chi connectivity index (χ3n) is 5.50. The number of pyridine rings is 1. The Morgan fingerprint density at radius 1 is 1.39 bits per heavy atom. The quantitative estimate of drug-likeness (QED) is 0.511. The van der Waals surface area contributed by atoms with Crippen molar-refractivity contribution in [3.05, 3.63) is 30.1 Å². The van der Waals surface area contributed by atoms with Crippen molar-refractivity contribution in [1.29, 1.82) is 0 Å². The van der Waals surface area contributed by atoms with Gasteiger partial charge in [0.15, 0.2) is 0 Å². The van der Waals surface area contributed by atoms with Gasteiger partial charge in [0, 0.05) is 30.9 Å². The molecule has 1 aliphatic heterocycles. The largest absolute Gasteiger partial charge is 0.459 e. The van der Waals surface area contributed by atoms with Gasteiger partial charge in [-0.3, -0.25) is 14.6 Å². The molecule has 2 atom stereocenters. The molecule has 154 valence electrons. The SMILES string of the molecule is CCC(C)(C)C(=O)C(=O)N1CCCC1C(=O)OC(CN)CCc1cccnc1. The number of amides is 1. The van der Waals surface area contributed by atoms with Crippen LogP contribution in [0.1, 0.15) is 52.0 Å². The number of ether oxygens (including phenoxy) is 1. The normalized spacial score (nSPS) is 18.0. The molecule has 0 aliphatic carbocycles. The van der Waals surface area contributed by atoms with Crippen LogP contribution in [0.2, 0.25) is 0 Å². The summed E-state index contributed by atoms with van der Waals surface area (Å²) in [6.45, 7) is 5.97. The Balaban J connectivity index is 1.97. The maximum atomic E-state index is 12.7. The van der Waals surface area contributed by atoms with E-state index in [0.29, 0.717) is 38.6 Å². The first-order valence-electron chi connectivity index (χ1n) is 9.95. The van der Waals surface area contributed by atoms with Crippen molar-refractivity contribution < 1.29 is 19.1 Å². The molecule has 7 nitrogen and oxygen atoms in total. The minimum Gasteiger partial charge on any atom is -0.459 e. The number of ketones is 1. The molecule has 0 spiro atoms. The lowest BCUT2D eigenvalue weighted by molar-refractivity contribution is -0.160. The Morgan fingerprint density at radius 3 is 2.75 bits per heavy atom. The highest BCUT2D eigenvalue weighted by molar-refractivity contribution is 6.38. The van der Waals surface area contributed by atoms with Gasteiger partial charge >= 0.3 is 5.97 Å². The fraction of sp³-hybridized carbons (Fsp3) is 0.619. The van der Waals surface area contributed by atoms with E-state index in [1.54, 1.807) is 26.2 Å². The Morgan fingerprint density at radius 2 is 2.14 bits per heavy atom. The van der Waals surface area contributed by atoms with Crippen LogP contribution in [-0.4, -0.2) is 52.8 Å².